The summed E-state index contributed by atoms with van der Waals surface area (Å²) < 4.78 is 40.2. The minimum Gasteiger partial charge on any atom is -0.406 e. The lowest BCUT2D eigenvalue weighted by Gasteiger charge is -2.11. The zero-order chi connectivity index (χ0) is 15.3. The van der Waals surface area contributed by atoms with Gasteiger partial charge in [0.2, 0.25) is 0 Å². The Kier molecular flexibility index (Phi) is 4.33. The van der Waals surface area contributed by atoms with Crippen LogP contribution in [0.15, 0.2) is 48.5 Å². The van der Waals surface area contributed by atoms with Crippen LogP contribution in [-0.4, -0.2) is 6.36 Å². The van der Waals surface area contributed by atoms with Crippen molar-refractivity contribution < 1.29 is 17.9 Å². The summed E-state index contributed by atoms with van der Waals surface area (Å²) >= 11 is 0. The van der Waals surface area contributed by atoms with E-state index in [1.165, 1.54) is 18.2 Å². The number of nitriles is 1. The van der Waals surface area contributed by atoms with Crippen molar-refractivity contribution in [2.45, 2.75) is 12.9 Å². The minimum atomic E-state index is -4.71. The lowest BCUT2D eigenvalue weighted by Crippen LogP contribution is -2.17. The van der Waals surface area contributed by atoms with Crippen LogP contribution >= 0.6 is 0 Å². The molecule has 2 rings (SSSR count). The topological polar surface area (TPSA) is 45.0 Å². The van der Waals surface area contributed by atoms with Crippen LogP contribution < -0.4 is 10.1 Å². The third-order valence-corrected chi connectivity index (χ3v) is 2.62. The molecule has 0 fully saturated rings. The molecule has 0 unspecified atom stereocenters. The van der Waals surface area contributed by atoms with Crippen LogP contribution in [0.1, 0.15) is 11.1 Å². The second kappa shape index (κ2) is 6.18. The molecule has 0 aliphatic rings. The van der Waals surface area contributed by atoms with Crippen LogP contribution in [0.25, 0.3) is 0 Å². The molecule has 0 saturated heterocycles. The number of hydrogen-bond donors (Lipinski definition) is 1. The highest BCUT2D eigenvalue weighted by Gasteiger charge is 2.31. The number of anilines is 1. The summed E-state index contributed by atoms with van der Waals surface area (Å²) in [4.78, 5) is 0. The van der Waals surface area contributed by atoms with E-state index in [1.807, 2.05) is 12.1 Å². The van der Waals surface area contributed by atoms with Gasteiger partial charge in [-0.05, 0) is 29.8 Å². The maximum Gasteiger partial charge on any atom is 0.573 e. The average molecular weight is 292 g/mol. The summed E-state index contributed by atoms with van der Waals surface area (Å²) in [5.41, 5.74) is 1.89. The number of halogens is 3. The first-order valence-electron chi connectivity index (χ1n) is 6.05. The molecular formula is C15H11F3N2O. The smallest absolute Gasteiger partial charge is 0.406 e. The van der Waals surface area contributed by atoms with Gasteiger partial charge in [0.15, 0.2) is 0 Å². The maximum atomic E-state index is 12.1. The van der Waals surface area contributed by atoms with Crippen LogP contribution in [0, 0.1) is 11.3 Å². The minimum absolute atomic E-state index is 0.279. The van der Waals surface area contributed by atoms with Gasteiger partial charge in [-0.2, -0.15) is 5.26 Å². The highest BCUT2D eigenvalue weighted by atomic mass is 19.4. The predicted octanol–water partition coefficient (Wildman–Crippen LogP) is 4.07. The van der Waals surface area contributed by atoms with Crippen molar-refractivity contribution in [3.63, 3.8) is 0 Å². The predicted molar refractivity (Wildman–Crippen MR) is 71.6 cm³/mol. The van der Waals surface area contributed by atoms with Gasteiger partial charge in [0, 0.05) is 18.3 Å². The Balaban J connectivity index is 2.03. The average Bonchev–Trinajstić information content (AvgIpc) is 2.44. The quantitative estimate of drug-likeness (QED) is 0.924. The van der Waals surface area contributed by atoms with Crippen molar-refractivity contribution in [3.8, 4) is 11.8 Å². The number of nitrogens with one attached hydrogen (secondary N) is 1. The molecule has 6 heteroatoms. The summed E-state index contributed by atoms with van der Waals surface area (Å²) in [5, 5.41) is 11.8. The number of hydrogen-bond acceptors (Lipinski definition) is 3. The summed E-state index contributed by atoms with van der Waals surface area (Å²) in [5.74, 6) is -0.279. The second-order valence-electron chi connectivity index (χ2n) is 4.24. The first-order valence-corrected chi connectivity index (χ1v) is 6.05. The number of rotatable bonds is 4. The summed E-state index contributed by atoms with van der Waals surface area (Å²) in [6.45, 7) is 0.394. The molecule has 3 nitrogen and oxygen atoms in total. The SMILES string of the molecule is N#Cc1cccc(CNc2cccc(OC(F)(F)F)c2)c1. The number of ether oxygens (including phenoxy) is 1. The van der Waals surface area contributed by atoms with E-state index in [1.54, 1.807) is 24.3 Å². The van der Waals surface area contributed by atoms with Gasteiger partial charge in [-0.1, -0.05) is 18.2 Å². The van der Waals surface area contributed by atoms with Crippen molar-refractivity contribution in [1.29, 1.82) is 5.26 Å². The van der Waals surface area contributed by atoms with Crippen LogP contribution in [0.5, 0.6) is 5.75 Å². The van der Waals surface area contributed by atoms with Gasteiger partial charge in [0.25, 0.3) is 0 Å². The standard InChI is InChI=1S/C15H11F3N2O/c16-15(17,18)21-14-6-2-5-13(8-14)20-10-12-4-1-3-11(7-12)9-19/h1-8,20H,10H2. The van der Waals surface area contributed by atoms with E-state index in [2.05, 4.69) is 10.1 Å². The Morgan fingerprint density at radius 2 is 1.86 bits per heavy atom. The summed E-state index contributed by atoms with van der Waals surface area (Å²) in [6, 6.07) is 14.6. The monoisotopic (exact) mass is 292 g/mol. The highest BCUT2D eigenvalue weighted by molar-refractivity contribution is 5.49. The number of benzene rings is 2. The molecule has 0 heterocycles. The van der Waals surface area contributed by atoms with E-state index in [4.69, 9.17) is 5.26 Å². The molecule has 21 heavy (non-hydrogen) atoms. The van der Waals surface area contributed by atoms with E-state index >= 15 is 0 Å². The van der Waals surface area contributed by atoms with E-state index in [-0.39, 0.29) is 5.75 Å². The summed E-state index contributed by atoms with van der Waals surface area (Å²) in [7, 11) is 0. The fourth-order valence-corrected chi connectivity index (χ4v) is 1.76. The Labute approximate surface area is 119 Å². The zero-order valence-corrected chi connectivity index (χ0v) is 10.8. The first-order chi connectivity index (χ1) is 9.96. The largest absolute Gasteiger partial charge is 0.573 e. The molecule has 0 bridgehead atoms. The summed E-state index contributed by atoms with van der Waals surface area (Å²) in [6.07, 6.45) is -4.71. The van der Waals surface area contributed by atoms with Crippen molar-refractivity contribution >= 4 is 5.69 Å². The molecule has 0 amide bonds. The normalized spacial score (nSPS) is 10.8. The molecule has 2 aromatic rings. The Morgan fingerprint density at radius 1 is 1.10 bits per heavy atom. The number of nitrogens with zero attached hydrogens (tertiary/aromatic N) is 1. The van der Waals surface area contributed by atoms with Gasteiger partial charge in [0.1, 0.15) is 5.75 Å². The molecule has 0 aromatic heterocycles. The van der Waals surface area contributed by atoms with Gasteiger partial charge in [0.05, 0.1) is 11.6 Å². The zero-order valence-electron chi connectivity index (χ0n) is 10.8. The van der Waals surface area contributed by atoms with Crippen LogP contribution in [0.4, 0.5) is 18.9 Å². The first kappa shape index (κ1) is 14.7. The number of alkyl halides is 3. The Morgan fingerprint density at radius 3 is 2.57 bits per heavy atom. The molecule has 0 atom stereocenters. The van der Waals surface area contributed by atoms with Crippen molar-refractivity contribution in [1.82, 2.24) is 0 Å². The lowest BCUT2D eigenvalue weighted by atomic mass is 10.1. The van der Waals surface area contributed by atoms with Crippen LogP contribution in [0.3, 0.4) is 0 Å². The van der Waals surface area contributed by atoms with Gasteiger partial charge in [-0.15, -0.1) is 13.2 Å². The third-order valence-electron chi connectivity index (χ3n) is 2.62. The fourth-order valence-electron chi connectivity index (χ4n) is 1.76. The maximum absolute atomic E-state index is 12.1. The molecule has 0 saturated carbocycles. The third kappa shape index (κ3) is 4.73. The van der Waals surface area contributed by atoms with Crippen molar-refractivity contribution in [3.05, 3.63) is 59.7 Å². The van der Waals surface area contributed by atoms with Crippen molar-refractivity contribution in [2.24, 2.45) is 0 Å². The molecular weight excluding hydrogens is 281 g/mol. The van der Waals surface area contributed by atoms with Gasteiger partial charge >= 0.3 is 6.36 Å². The van der Waals surface area contributed by atoms with E-state index < -0.39 is 6.36 Å². The van der Waals surface area contributed by atoms with Crippen molar-refractivity contribution in [2.75, 3.05) is 5.32 Å². The van der Waals surface area contributed by atoms with Gasteiger partial charge in [-0.25, -0.2) is 0 Å². The van der Waals surface area contributed by atoms with Gasteiger partial charge < -0.3 is 10.1 Å². The van der Waals surface area contributed by atoms with Crippen LogP contribution in [0.2, 0.25) is 0 Å². The molecule has 2 aromatic carbocycles. The highest BCUT2D eigenvalue weighted by Crippen LogP contribution is 2.25. The van der Waals surface area contributed by atoms with E-state index in [0.717, 1.165) is 5.56 Å². The Hall–Kier alpha value is -2.68. The second-order valence-corrected chi connectivity index (χ2v) is 4.24. The van der Waals surface area contributed by atoms with Gasteiger partial charge in [-0.3, -0.25) is 0 Å². The molecule has 108 valence electrons. The molecule has 0 aliphatic heterocycles. The lowest BCUT2D eigenvalue weighted by molar-refractivity contribution is -0.274. The molecule has 0 aliphatic carbocycles. The molecule has 0 radical (unpaired) electrons. The van der Waals surface area contributed by atoms with E-state index in [9.17, 15) is 13.2 Å². The van der Waals surface area contributed by atoms with Crippen LogP contribution in [-0.2, 0) is 6.54 Å². The molecule has 0 spiro atoms. The van der Waals surface area contributed by atoms with E-state index in [0.29, 0.717) is 17.8 Å². The Bertz CT molecular complexity index is 662. The molecule has 1 N–H and O–H groups in total. The fraction of sp³-hybridized carbons (Fsp3) is 0.133.